The van der Waals surface area contributed by atoms with Crippen LogP contribution in [0.3, 0.4) is 0 Å². The van der Waals surface area contributed by atoms with Crippen LogP contribution in [0.5, 0.6) is 0 Å². The summed E-state index contributed by atoms with van der Waals surface area (Å²) in [6.45, 7) is 2.44. The first kappa shape index (κ1) is 19.7. The number of furan rings is 1. The van der Waals surface area contributed by atoms with Gasteiger partial charge >= 0.3 is 0 Å². The molecule has 32 heavy (non-hydrogen) atoms. The lowest BCUT2D eigenvalue weighted by molar-refractivity contribution is -0.119. The maximum absolute atomic E-state index is 12.8. The molecule has 8 heteroatoms. The quantitative estimate of drug-likeness (QED) is 0.509. The van der Waals surface area contributed by atoms with Gasteiger partial charge in [-0.05, 0) is 46.7 Å². The molecule has 0 unspecified atom stereocenters. The van der Waals surface area contributed by atoms with Crippen LogP contribution in [-0.2, 0) is 11.3 Å². The highest BCUT2D eigenvalue weighted by Crippen LogP contribution is 2.36. The average molecular weight is 426 g/mol. The fourth-order valence-electron chi connectivity index (χ4n) is 3.78. The Hall–Kier alpha value is -4.20. The number of carbonyl (C=O) groups is 1. The number of benzene rings is 2. The van der Waals surface area contributed by atoms with Gasteiger partial charge in [-0.25, -0.2) is 0 Å². The third-order valence-corrected chi connectivity index (χ3v) is 5.42. The molecule has 0 radical (unpaired) electrons. The fourth-order valence-corrected chi connectivity index (χ4v) is 3.78. The van der Waals surface area contributed by atoms with E-state index in [0.717, 1.165) is 22.4 Å². The molecule has 8 nitrogen and oxygen atoms in total. The Morgan fingerprint density at radius 2 is 1.88 bits per heavy atom. The normalized spacial score (nSPS) is 15.2. The van der Waals surface area contributed by atoms with Gasteiger partial charge in [0, 0.05) is 0 Å². The number of allylic oxidation sites excluding steroid dienone is 1. The summed E-state index contributed by atoms with van der Waals surface area (Å²) < 4.78 is 7.05. The number of anilines is 1. The minimum absolute atomic E-state index is 0.0717. The molecule has 0 spiro atoms. The molecule has 5 rings (SSSR count). The van der Waals surface area contributed by atoms with E-state index in [-0.39, 0.29) is 18.5 Å². The van der Waals surface area contributed by atoms with Gasteiger partial charge in [-0.2, -0.15) is 4.68 Å². The van der Waals surface area contributed by atoms with E-state index in [1.807, 2.05) is 48.2 Å². The second kappa shape index (κ2) is 8.50. The van der Waals surface area contributed by atoms with Crippen LogP contribution in [0.2, 0.25) is 0 Å². The molecule has 0 saturated carbocycles. The van der Waals surface area contributed by atoms with Crippen molar-refractivity contribution in [2.75, 3.05) is 11.4 Å². The van der Waals surface area contributed by atoms with E-state index in [1.165, 1.54) is 0 Å². The third-order valence-electron chi connectivity index (χ3n) is 5.42. The molecule has 0 fully saturated rings. The van der Waals surface area contributed by atoms with E-state index in [9.17, 15) is 4.79 Å². The van der Waals surface area contributed by atoms with Crippen LogP contribution in [0.15, 0.2) is 83.5 Å². The Labute approximate surface area is 185 Å². The van der Waals surface area contributed by atoms with Crippen molar-refractivity contribution in [3.63, 3.8) is 0 Å². The summed E-state index contributed by atoms with van der Waals surface area (Å²) in [6, 6.07) is 21.7. The minimum atomic E-state index is -0.181. The van der Waals surface area contributed by atoms with Crippen LogP contribution in [0.25, 0.3) is 5.70 Å². The molecular weight excluding hydrogens is 404 g/mol. The van der Waals surface area contributed by atoms with Crippen LogP contribution in [0.1, 0.15) is 28.5 Å². The molecule has 4 aromatic rings. The Morgan fingerprint density at radius 3 is 2.62 bits per heavy atom. The van der Waals surface area contributed by atoms with Gasteiger partial charge in [0.1, 0.15) is 18.3 Å². The standard InChI is InChI=1S/C24H22N6O2/c1-17-9-11-19(12-10-17)21-14-22(18-6-3-2-4-7-18)30-24(26-27-28-30)29(21)16-23(31)25-15-20-8-5-13-32-20/h2-14,22H,15-16H2,1H3,(H,25,31)/t22-/m0/s1. The monoisotopic (exact) mass is 426 g/mol. The van der Waals surface area contributed by atoms with Crippen molar-refractivity contribution < 1.29 is 9.21 Å². The summed E-state index contributed by atoms with van der Waals surface area (Å²) in [4.78, 5) is 14.7. The van der Waals surface area contributed by atoms with Gasteiger partial charge in [-0.3, -0.25) is 9.69 Å². The summed E-state index contributed by atoms with van der Waals surface area (Å²) in [7, 11) is 0. The molecule has 0 aliphatic carbocycles. The molecule has 1 N–H and O–H groups in total. The number of rotatable bonds is 6. The van der Waals surface area contributed by atoms with E-state index in [2.05, 4.69) is 51.2 Å². The number of hydrogen-bond acceptors (Lipinski definition) is 6. The first-order valence-electron chi connectivity index (χ1n) is 10.4. The van der Waals surface area contributed by atoms with Crippen molar-refractivity contribution in [3.05, 3.63) is 102 Å². The highest BCUT2D eigenvalue weighted by molar-refractivity contribution is 5.89. The zero-order valence-corrected chi connectivity index (χ0v) is 17.5. The van der Waals surface area contributed by atoms with E-state index in [4.69, 9.17) is 4.42 Å². The zero-order valence-electron chi connectivity index (χ0n) is 17.5. The van der Waals surface area contributed by atoms with Crippen molar-refractivity contribution in [1.82, 2.24) is 25.5 Å². The van der Waals surface area contributed by atoms with Crippen LogP contribution in [0, 0.1) is 6.92 Å². The molecule has 3 heterocycles. The number of amides is 1. The topological polar surface area (TPSA) is 89.1 Å². The van der Waals surface area contributed by atoms with Crippen LogP contribution in [-0.4, -0.2) is 32.7 Å². The molecule has 1 atom stereocenters. The predicted octanol–water partition coefficient (Wildman–Crippen LogP) is 3.34. The van der Waals surface area contributed by atoms with Gasteiger partial charge in [0.25, 0.3) is 5.95 Å². The van der Waals surface area contributed by atoms with Crippen molar-refractivity contribution in [1.29, 1.82) is 0 Å². The maximum atomic E-state index is 12.8. The van der Waals surface area contributed by atoms with Crippen LogP contribution >= 0.6 is 0 Å². The number of carbonyl (C=O) groups excluding carboxylic acids is 1. The highest BCUT2D eigenvalue weighted by atomic mass is 16.3. The summed E-state index contributed by atoms with van der Waals surface area (Å²) in [6.07, 6.45) is 3.69. The number of nitrogens with one attached hydrogen (secondary N) is 1. The molecule has 0 bridgehead atoms. The van der Waals surface area contributed by atoms with Crippen molar-refractivity contribution in [3.8, 4) is 0 Å². The highest BCUT2D eigenvalue weighted by Gasteiger charge is 2.31. The summed E-state index contributed by atoms with van der Waals surface area (Å²) in [5.74, 6) is 1.05. The smallest absolute Gasteiger partial charge is 0.251 e. The van der Waals surface area contributed by atoms with Crippen molar-refractivity contribution in [2.24, 2.45) is 0 Å². The molecule has 1 aliphatic rings. The van der Waals surface area contributed by atoms with Crippen LogP contribution < -0.4 is 10.2 Å². The lowest BCUT2D eigenvalue weighted by Gasteiger charge is -2.32. The number of tetrazole rings is 1. The number of fused-ring (bicyclic) bond motifs is 1. The van der Waals surface area contributed by atoms with Crippen molar-refractivity contribution >= 4 is 17.6 Å². The summed E-state index contributed by atoms with van der Waals surface area (Å²) in [5, 5.41) is 15.3. The third kappa shape index (κ3) is 3.90. The minimum Gasteiger partial charge on any atom is -0.467 e. The Kier molecular flexibility index (Phi) is 5.25. The Balaban J connectivity index is 1.50. The van der Waals surface area contributed by atoms with Gasteiger partial charge in [-0.15, -0.1) is 0 Å². The van der Waals surface area contributed by atoms with Gasteiger partial charge in [-0.1, -0.05) is 65.3 Å². The van der Waals surface area contributed by atoms with Gasteiger partial charge < -0.3 is 9.73 Å². The molecular formula is C24H22N6O2. The second-order valence-corrected chi connectivity index (χ2v) is 7.64. The molecule has 1 aliphatic heterocycles. The lowest BCUT2D eigenvalue weighted by atomic mass is 10.00. The SMILES string of the molecule is Cc1ccc(C2=C[C@@H](c3ccccc3)n3nnnc3N2CC(=O)NCc2ccco2)cc1. The fraction of sp³-hybridized carbons (Fsp3) is 0.167. The summed E-state index contributed by atoms with van der Waals surface area (Å²) >= 11 is 0. The number of hydrogen-bond donors (Lipinski definition) is 1. The molecule has 1 amide bonds. The molecule has 160 valence electrons. The average Bonchev–Trinajstić information content (AvgIpc) is 3.52. The number of nitrogens with zero attached hydrogens (tertiary/aromatic N) is 5. The van der Waals surface area contributed by atoms with E-state index < -0.39 is 0 Å². The molecule has 0 saturated heterocycles. The predicted molar refractivity (Wildman–Crippen MR) is 119 cm³/mol. The number of aryl methyl sites for hydroxylation is 1. The summed E-state index contributed by atoms with van der Waals surface area (Å²) in [5.41, 5.74) is 4.10. The zero-order chi connectivity index (χ0) is 21.9. The van der Waals surface area contributed by atoms with Gasteiger partial charge in [0.2, 0.25) is 5.91 Å². The first-order valence-corrected chi connectivity index (χ1v) is 10.4. The second-order valence-electron chi connectivity index (χ2n) is 7.64. The maximum Gasteiger partial charge on any atom is 0.251 e. The number of aromatic nitrogens is 4. The van der Waals surface area contributed by atoms with Gasteiger partial charge in [0.05, 0.1) is 18.5 Å². The lowest BCUT2D eigenvalue weighted by Crippen LogP contribution is -2.39. The van der Waals surface area contributed by atoms with E-state index >= 15 is 0 Å². The van der Waals surface area contributed by atoms with E-state index in [0.29, 0.717) is 18.3 Å². The van der Waals surface area contributed by atoms with Crippen molar-refractivity contribution in [2.45, 2.75) is 19.5 Å². The molecule has 2 aromatic heterocycles. The van der Waals surface area contributed by atoms with Crippen LogP contribution in [0.4, 0.5) is 5.95 Å². The Bertz CT molecular complexity index is 1230. The van der Waals surface area contributed by atoms with E-state index in [1.54, 1.807) is 17.0 Å². The van der Waals surface area contributed by atoms with Gasteiger partial charge in [0.15, 0.2) is 0 Å². The first-order chi connectivity index (χ1) is 15.7. The largest absolute Gasteiger partial charge is 0.467 e. The Morgan fingerprint density at radius 1 is 1.06 bits per heavy atom. The molecule has 2 aromatic carbocycles.